The highest BCUT2D eigenvalue weighted by molar-refractivity contribution is 6.30. The van der Waals surface area contributed by atoms with Crippen molar-refractivity contribution in [1.82, 2.24) is 4.90 Å². The highest BCUT2D eigenvalue weighted by atomic mass is 35.5. The van der Waals surface area contributed by atoms with Gasteiger partial charge in [-0.1, -0.05) is 24.9 Å². The molecule has 0 aliphatic heterocycles. The zero-order chi connectivity index (χ0) is 12.7. The summed E-state index contributed by atoms with van der Waals surface area (Å²) < 4.78 is 5.37. The quantitative estimate of drug-likeness (QED) is 0.782. The number of likely N-dealkylation sites (N-methyl/N-ethyl adjacent to an activating group) is 1. The summed E-state index contributed by atoms with van der Waals surface area (Å²) in [7, 11) is 1.79. The van der Waals surface area contributed by atoms with Gasteiger partial charge in [-0.05, 0) is 30.7 Å². The molecule has 0 atom stereocenters. The Labute approximate surface area is 107 Å². The zero-order valence-electron chi connectivity index (χ0n) is 10.3. The van der Waals surface area contributed by atoms with Gasteiger partial charge in [0.15, 0.2) is 6.61 Å². The van der Waals surface area contributed by atoms with Gasteiger partial charge in [-0.25, -0.2) is 0 Å². The first-order chi connectivity index (χ1) is 8.13. The van der Waals surface area contributed by atoms with E-state index in [4.69, 9.17) is 16.3 Å². The van der Waals surface area contributed by atoms with Crippen LogP contribution in [0.3, 0.4) is 0 Å². The molecule has 17 heavy (non-hydrogen) atoms. The van der Waals surface area contributed by atoms with Crippen molar-refractivity contribution in [3.8, 4) is 5.75 Å². The summed E-state index contributed by atoms with van der Waals surface area (Å²) in [5, 5.41) is 0.656. The van der Waals surface area contributed by atoms with E-state index in [2.05, 4.69) is 6.92 Å². The van der Waals surface area contributed by atoms with Crippen LogP contribution < -0.4 is 4.74 Å². The van der Waals surface area contributed by atoms with Gasteiger partial charge in [-0.15, -0.1) is 0 Å². The minimum Gasteiger partial charge on any atom is -0.484 e. The molecule has 0 unspecified atom stereocenters. The molecule has 0 fully saturated rings. The lowest BCUT2D eigenvalue weighted by molar-refractivity contribution is -0.132. The Bertz CT molecular complexity index is 351. The maximum atomic E-state index is 11.7. The Balaban J connectivity index is 2.34. The van der Waals surface area contributed by atoms with Gasteiger partial charge >= 0.3 is 0 Å². The minimum atomic E-state index is -0.00611. The van der Waals surface area contributed by atoms with Crippen molar-refractivity contribution in [1.29, 1.82) is 0 Å². The van der Waals surface area contributed by atoms with Crippen LogP contribution in [-0.2, 0) is 4.79 Å². The van der Waals surface area contributed by atoms with Crippen molar-refractivity contribution in [3.05, 3.63) is 29.3 Å². The van der Waals surface area contributed by atoms with Crippen molar-refractivity contribution in [3.63, 3.8) is 0 Å². The molecule has 1 rings (SSSR count). The summed E-state index contributed by atoms with van der Waals surface area (Å²) in [5.74, 6) is 0.653. The normalized spacial score (nSPS) is 10.1. The molecular weight excluding hydrogens is 238 g/mol. The zero-order valence-corrected chi connectivity index (χ0v) is 11.0. The summed E-state index contributed by atoms with van der Waals surface area (Å²) in [4.78, 5) is 13.4. The van der Waals surface area contributed by atoms with E-state index >= 15 is 0 Å². The maximum Gasteiger partial charge on any atom is 0.260 e. The number of hydrogen-bond donors (Lipinski definition) is 0. The maximum absolute atomic E-state index is 11.7. The number of benzene rings is 1. The average Bonchev–Trinajstić information content (AvgIpc) is 2.34. The van der Waals surface area contributed by atoms with Crippen LogP contribution in [0.4, 0.5) is 0 Å². The lowest BCUT2D eigenvalue weighted by atomic mass is 10.3. The second kappa shape index (κ2) is 7.17. The third-order valence-corrected chi connectivity index (χ3v) is 2.70. The SMILES string of the molecule is CCCCN(C)C(=O)COc1ccc(Cl)cc1. The first-order valence-corrected chi connectivity index (χ1v) is 6.13. The molecule has 0 bridgehead atoms. The number of halogens is 1. The van der Waals surface area contributed by atoms with Crippen LogP contribution >= 0.6 is 11.6 Å². The molecule has 4 heteroatoms. The molecule has 1 aromatic rings. The summed E-state index contributed by atoms with van der Waals surface area (Å²) in [6.45, 7) is 2.95. The van der Waals surface area contributed by atoms with Gasteiger partial charge in [0.2, 0.25) is 0 Å². The lowest BCUT2D eigenvalue weighted by Crippen LogP contribution is -2.32. The predicted molar refractivity (Wildman–Crippen MR) is 69.5 cm³/mol. The molecule has 0 aliphatic rings. The van der Waals surface area contributed by atoms with Crippen molar-refractivity contribution in [2.45, 2.75) is 19.8 Å². The second-order valence-electron chi connectivity index (χ2n) is 3.91. The fraction of sp³-hybridized carbons (Fsp3) is 0.462. The molecule has 0 spiro atoms. The van der Waals surface area contributed by atoms with Crippen molar-refractivity contribution < 1.29 is 9.53 Å². The van der Waals surface area contributed by atoms with Crippen LogP contribution in [0.25, 0.3) is 0 Å². The van der Waals surface area contributed by atoms with E-state index in [0.717, 1.165) is 19.4 Å². The van der Waals surface area contributed by atoms with Crippen LogP contribution in [0.1, 0.15) is 19.8 Å². The minimum absolute atomic E-state index is 0.00611. The number of carbonyl (C=O) groups is 1. The van der Waals surface area contributed by atoms with Crippen molar-refractivity contribution in [2.24, 2.45) is 0 Å². The van der Waals surface area contributed by atoms with Crippen LogP contribution in [0.15, 0.2) is 24.3 Å². The topological polar surface area (TPSA) is 29.5 Å². The monoisotopic (exact) mass is 255 g/mol. The fourth-order valence-corrected chi connectivity index (χ4v) is 1.43. The highest BCUT2D eigenvalue weighted by Crippen LogP contribution is 2.15. The van der Waals surface area contributed by atoms with Gasteiger partial charge < -0.3 is 9.64 Å². The van der Waals surface area contributed by atoms with E-state index in [1.807, 2.05) is 0 Å². The predicted octanol–water partition coefficient (Wildman–Crippen LogP) is 2.98. The van der Waals surface area contributed by atoms with Crippen molar-refractivity contribution >= 4 is 17.5 Å². The number of nitrogens with zero attached hydrogens (tertiary/aromatic N) is 1. The average molecular weight is 256 g/mol. The van der Waals surface area contributed by atoms with Crippen molar-refractivity contribution in [2.75, 3.05) is 20.2 Å². The standard InChI is InChI=1S/C13H18ClNO2/c1-3-4-9-15(2)13(16)10-17-12-7-5-11(14)6-8-12/h5-8H,3-4,9-10H2,1-2H3. The smallest absolute Gasteiger partial charge is 0.260 e. The highest BCUT2D eigenvalue weighted by Gasteiger charge is 2.08. The van der Waals surface area contributed by atoms with Crippen LogP contribution in [0.2, 0.25) is 5.02 Å². The molecule has 0 aromatic heterocycles. The van der Waals surface area contributed by atoms with Gasteiger partial charge in [0, 0.05) is 18.6 Å². The Hall–Kier alpha value is -1.22. The van der Waals surface area contributed by atoms with E-state index in [1.165, 1.54) is 0 Å². The number of rotatable bonds is 6. The third-order valence-electron chi connectivity index (χ3n) is 2.45. The van der Waals surface area contributed by atoms with Crippen LogP contribution in [0.5, 0.6) is 5.75 Å². The molecule has 1 aromatic carbocycles. The molecule has 0 saturated carbocycles. The Morgan fingerprint density at radius 2 is 2.00 bits per heavy atom. The Morgan fingerprint density at radius 1 is 1.35 bits per heavy atom. The Kier molecular flexibility index (Phi) is 5.84. The van der Waals surface area contributed by atoms with Gasteiger partial charge in [-0.3, -0.25) is 4.79 Å². The molecule has 0 N–H and O–H groups in total. The summed E-state index contributed by atoms with van der Waals surface area (Å²) in [6, 6.07) is 6.98. The van der Waals surface area contributed by atoms with E-state index in [1.54, 1.807) is 36.2 Å². The number of amides is 1. The molecule has 0 saturated heterocycles. The molecular formula is C13H18ClNO2. The van der Waals surface area contributed by atoms with E-state index in [0.29, 0.717) is 10.8 Å². The van der Waals surface area contributed by atoms with Gasteiger partial charge in [0.25, 0.3) is 5.91 Å². The molecule has 0 heterocycles. The number of hydrogen-bond acceptors (Lipinski definition) is 2. The first-order valence-electron chi connectivity index (χ1n) is 5.75. The number of unbranched alkanes of at least 4 members (excludes halogenated alkanes) is 1. The largest absolute Gasteiger partial charge is 0.484 e. The van der Waals surface area contributed by atoms with Gasteiger partial charge in [-0.2, -0.15) is 0 Å². The van der Waals surface area contributed by atoms with Gasteiger partial charge in [0.05, 0.1) is 0 Å². The Morgan fingerprint density at radius 3 is 2.59 bits per heavy atom. The number of ether oxygens (including phenoxy) is 1. The van der Waals surface area contributed by atoms with Gasteiger partial charge in [0.1, 0.15) is 5.75 Å². The lowest BCUT2D eigenvalue weighted by Gasteiger charge is -2.16. The van der Waals surface area contributed by atoms with Crippen LogP contribution in [0, 0.1) is 0 Å². The van der Waals surface area contributed by atoms with E-state index in [-0.39, 0.29) is 12.5 Å². The molecule has 0 aliphatic carbocycles. The van der Waals surface area contributed by atoms with Crippen LogP contribution in [-0.4, -0.2) is 31.0 Å². The molecule has 3 nitrogen and oxygen atoms in total. The molecule has 94 valence electrons. The fourth-order valence-electron chi connectivity index (χ4n) is 1.31. The molecule has 1 amide bonds. The summed E-state index contributed by atoms with van der Waals surface area (Å²) in [5.41, 5.74) is 0. The molecule has 0 radical (unpaired) electrons. The van der Waals surface area contributed by atoms with E-state index < -0.39 is 0 Å². The second-order valence-corrected chi connectivity index (χ2v) is 4.35. The summed E-state index contributed by atoms with van der Waals surface area (Å²) in [6.07, 6.45) is 2.10. The number of carbonyl (C=O) groups excluding carboxylic acids is 1. The summed E-state index contributed by atoms with van der Waals surface area (Å²) >= 11 is 5.75. The first kappa shape index (κ1) is 13.8. The van der Waals surface area contributed by atoms with E-state index in [9.17, 15) is 4.79 Å². The third kappa shape index (κ3) is 5.09.